The fourth-order valence-corrected chi connectivity index (χ4v) is 3.47. The molecule has 0 fully saturated rings. The molecule has 2 aromatic rings. The van der Waals surface area contributed by atoms with Crippen LogP contribution in [0.15, 0.2) is 65.7 Å². The number of hydrogen-bond acceptors (Lipinski definition) is 4. The molecule has 122 valence electrons. The molecule has 5 heteroatoms. The molecule has 0 saturated heterocycles. The minimum atomic E-state index is -3.31. The average molecular weight is 331 g/mol. The van der Waals surface area contributed by atoms with Crippen molar-refractivity contribution in [1.29, 1.82) is 0 Å². The van der Waals surface area contributed by atoms with Crippen LogP contribution < -0.4 is 0 Å². The Hall–Kier alpha value is -1.74. The molecule has 0 heterocycles. The summed E-state index contributed by atoms with van der Waals surface area (Å²) in [5, 5.41) is 0. The zero-order chi connectivity index (χ0) is 16.5. The molecule has 0 saturated carbocycles. The van der Waals surface area contributed by atoms with Crippen LogP contribution in [-0.2, 0) is 13.6 Å². The van der Waals surface area contributed by atoms with Crippen molar-refractivity contribution < 1.29 is 13.6 Å². The van der Waals surface area contributed by atoms with Crippen LogP contribution in [0, 0.1) is 0 Å². The van der Waals surface area contributed by atoms with E-state index in [-0.39, 0.29) is 6.04 Å². The highest BCUT2D eigenvalue weighted by Gasteiger charge is 2.22. The number of rotatable bonds is 8. The van der Waals surface area contributed by atoms with E-state index in [2.05, 4.69) is 4.99 Å². The van der Waals surface area contributed by atoms with Crippen LogP contribution in [0.4, 0.5) is 0 Å². The van der Waals surface area contributed by atoms with Crippen molar-refractivity contribution in [3.8, 4) is 0 Å². The SMILES string of the molecule is CCOP(=O)(C=NC(c1ccccc1)c1ccccc1)OCC. The van der Waals surface area contributed by atoms with Gasteiger partial charge in [-0.15, -0.1) is 0 Å². The van der Waals surface area contributed by atoms with Crippen LogP contribution in [0.3, 0.4) is 0 Å². The minimum absolute atomic E-state index is 0.244. The molecule has 0 aromatic heterocycles. The summed E-state index contributed by atoms with van der Waals surface area (Å²) in [5.41, 5.74) is 2.05. The summed E-state index contributed by atoms with van der Waals surface area (Å²) < 4.78 is 23.1. The van der Waals surface area contributed by atoms with Crippen LogP contribution in [0.2, 0.25) is 0 Å². The lowest BCUT2D eigenvalue weighted by Crippen LogP contribution is -2.01. The van der Waals surface area contributed by atoms with Crippen molar-refractivity contribution in [2.45, 2.75) is 19.9 Å². The topological polar surface area (TPSA) is 47.9 Å². The summed E-state index contributed by atoms with van der Waals surface area (Å²) in [4.78, 5) is 4.54. The van der Waals surface area contributed by atoms with Crippen molar-refractivity contribution in [1.82, 2.24) is 0 Å². The second-order valence-corrected chi connectivity index (χ2v) is 6.69. The summed E-state index contributed by atoms with van der Waals surface area (Å²) >= 11 is 0. The average Bonchev–Trinajstić information content (AvgIpc) is 2.57. The molecule has 0 unspecified atom stereocenters. The van der Waals surface area contributed by atoms with Gasteiger partial charge in [0.1, 0.15) is 12.0 Å². The molecule has 0 aliphatic rings. The van der Waals surface area contributed by atoms with Crippen LogP contribution in [0.1, 0.15) is 31.0 Å². The van der Waals surface area contributed by atoms with E-state index in [9.17, 15) is 4.57 Å². The fraction of sp³-hybridized carbons (Fsp3) is 0.278. The number of aliphatic imine (C=N–C) groups is 1. The molecule has 0 N–H and O–H groups in total. The lowest BCUT2D eigenvalue weighted by molar-refractivity contribution is 0.233. The first kappa shape index (κ1) is 17.6. The molecule has 2 aromatic carbocycles. The number of benzene rings is 2. The number of hydrogen-bond donors (Lipinski definition) is 0. The first-order chi connectivity index (χ1) is 11.2. The van der Waals surface area contributed by atoms with Gasteiger partial charge in [-0.3, -0.25) is 9.56 Å². The maximum absolute atomic E-state index is 12.6. The Balaban J connectivity index is 2.35. The largest absolute Gasteiger partial charge is 0.371 e. The summed E-state index contributed by atoms with van der Waals surface area (Å²) in [6.45, 7) is 4.19. The normalized spacial score (nSPS) is 12.1. The molecule has 0 atom stereocenters. The zero-order valence-corrected chi connectivity index (χ0v) is 14.4. The fourth-order valence-electron chi connectivity index (χ4n) is 2.25. The maximum Gasteiger partial charge on any atom is 0.371 e. The van der Waals surface area contributed by atoms with E-state index in [1.807, 2.05) is 60.7 Å². The molecule has 0 amide bonds. The molecule has 23 heavy (non-hydrogen) atoms. The second kappa shape index (κ2) is 8.78. The first-order valence-corrected chi connectivity index (χ1v) is 9.32. The van der Waals surface area contributed by atoms with Crippen LogP contribution in [0.5, 0.6) is 0 Å². The predicted molar refractivity (Wildman–Crippen MR) is 94.1 cm³/mol. The van der Waals surface area contributed by atoms with Crippen LogP contribution in [-0.4, -0.2) is 19.2 Å². The highest BCUT2D eigenvalue weighted by molar-refractivity contribution is 7.69. The Kier molecular flexibility index (Phi) is 6.72. The molecular formula is C18H22NO3P. The minimum Gasteiger partial charge on any atom is -0.305 e. The van der Waals surface area contributed by atoms with Crippen LogP contribution >= 0.6 is 7.60 Å². The molecule has 0 spiro atoms. The molecule has 2 rings (SSSR count). The van der Waals surface area contributed by atoms with Crippen molar-refractivity contribution in [2.75, 3.05) is 13.2 Å². The van der Waals surface area contributed by atoms with E-state index in [1.165, 1.54) is 5.96 Å². The van der Waals surface area contributed by atoms with Crippen molar-refractivity contribution in [3.05, 3.63) is 71.8 Å². The van der Waals surface area contributed by atoms with E-state index in [0.717, 1.165) is 11.1 Å². The highest BCUT2D eigenvalue weighted by Crippen LogP contribution is 2.46. The zero-order valence-electron chi connectivity index (χ0n) is 13.5. The standard InChI is InChI=1S/C18H22NO3P/c1-3-21-23(20,22-4-2)15-19-18(16-11-7-5-8-12-16)17-13-9-6-10-14-17/h5-15,18H,3-4H2,1-2H3. The van der Waals surface area contributed by atoms with E-state index in [0.29, 0.717) is 13.2 Å². The molecule has 0 radical (unpaired) electrons. The van der Waals surface area contributed by atoms with Crippen molar-refractivity contribution >= 4 is 13.6 Å². The Morgan fingerprint density at radius 3 is 1.74 bits per heavy atom. The predicted octanol–water partition coefficient (Wildman–Crippen LogP) is 5.07. The molecule has 0 bridgehead atoms. The van der Waals surface area contributed by atoms with Gasteiger partial charge in [-0.2, -0.15) is 0 Å². The highest BCUT2D eigenvalue weighted by atomic mass is 31.2. The third-order valence-electron chi connectivity index (χ3n) is 3.21. The van der Waals surface area contributed by atoms with Gasteiger partial charge >= 0.3 is 7.60 Å². The Labute approximate surface area is 137 Å². The molecule has 0 aliphatic carbocycles. The Morgan fingerprint density at radius 2 is 1.35 bits per heavy atom. The van der Waals surface area contributed by atoms with Gasteiger partial charge in [-0.1, -0.05) is 60.7 Å². The van der Waals surface area contributed by atoms with Gasteiger partial charge in [-0.25, -0.2) is 0 Å². The summed E-state index contributed by atoms with van der Waals surface area (Å²) in [5.74, 6) is 1.34. The summed E-state index contributed by atoms with van der Waals surface area (Å²) in [6.07, 6.45) is 0. The lowest BCUT2D eigenvalue weighted by Gasteiger charge is -2.16. The maximum atomic E-state index is 12.6. The molecule has 4 nitrogen and oxygen atoms in total. The smallest absolute Gasteiger partial charge is 0.305 e. The number of nitrogens with zero attached hydrogens (tertiary/aromatic N) is 1. The van der Waals surface area contributed by atoms with Crippen molar-refractivity contribution in [3.63, 3.8) is 0 Å². The van der Waals surface area contributed by atoms with E-state index < -0.39 is 7.60 Å². The quantitative estimate of drug-likeness (QED) is 0.501. The van der Waals surface area contributed by atoms with E-state index in [4.69, 9.17) is 9.05 Å². The van der Waals surface area contributed by atoms with Gasteiger partial charge in [0.05, 0.1) is 13.2 Å². The van der Waals surface area contributed by atoms with Crippen molar-refractivity contribution in [2.24, 2.45) is 4.99 Å². The van der Waals surface area contributed by atoms with Gasteiger partial charge in [-0.05, 0) is 25.0 Å². The van der Waals surface area contributed by atoms with E-state index >= 15 is 0 Å². The summed E-state index contributed by atoms with van der Waals surface area (Å²) in [7, 11) is -3.31. The molecule has 0 aliphatic heterocycles. The Morgan fingerprint density at radius 1 is 0.913 bits per heavy atom. The first-order valence-electron chi connectivity index (χ1n) is 7.71. The monoisotopic (exact) mass is 331 g/mol. The van der Waals surface area contributed by atoms with Gasteiger partial charge in [0, 0.05) is 0 Å². The third-order valence-corrected chi connectivity index (χ3v) is 4.86. The van der Waals surface area contributed by atoms with Gasteiger partial charge < -0.3 is 9.05 Å². The van der Waals surface area contributed by atoms with Gasteiger partial charge in [0.2, 0.25) is 0 Å². The van der Waals surface area contributed by atoms with Gasteiger partial charge in [0.25, 0.3) is 0 Å². The Bertz CT molecular complexity index is 609. The lowest BCUT2D eigenvalue weighted by atomic mass is 10.00. The second-order valence-electron chi connectivity index (χ2n) is 4.86. The van der Waals surface area contributed by atoms with Crippen LogP contribution in [0.25, 0.3) is 0 Å². The third kappa shape index (κ3) is 5.14. The van der Waals surface area contributed by atoms with Gasteiger partial charge in [0.15, 0.2) is 0 Å². The van der Waals surface area contributed by atoms with E-state index in [1.54, 1.807) is 13.8 Å². The molecular weight excluding hydrogens is 309 g/mol. The summed E-state index contributed by atoms with van der Waals surface area (Å²) in [6, 6.07) is 19.5.